The quantitative estimate of drug-likeness (QED) is 0.641. The van der Waals surface area contributed by atoms with Gasteiger partial charge in [0.05, 0.1) is 12.1 Å². The topological polar surface area (TPSA) is 52.0 Å². The second-order valence-electron chi connectivity index (χ2n) is 3.11. The fourth-order valence-corrected chi connectivity index (χ4v) is 1.17. The van der Waals surface area contributed by atoms with E-state index in [0.29, 0.717) is 0 Å². The van der Waals surface area contributed by atoms with Gasteiger partial charge in [0.25, 0.3) is 5.91 Å². The fourth-order valence-electron chi connectivity index (χ4n) is 1.17. The van der Waals surface area contributed by atoms with Crippen molar-refractivity contribution >= 4 is 11.7 Å². The number of nitrogens with zero attached hydrogens (tertiary/aromatic N) is 2. The summed E-state index contributed by atoms with van der Waals surface area (Å²) in [4.78, 5) is 22.1. The van der Waals surface area contributed by atoms with Gasteiger partial charge in [-0.15, -0.1) is 0 Å². The Kier molecular flexibility index (Phi) is 2.60. The molecule has 70 valence electrons. The highest BCUT2D eigenvalue weighted by Gasteiger charge is 2.11. The van der Waals surface area contributed by atoms with E-state index in [9.17, 15) is 9.59 Å². The Balaban J connectivity index is 2.88. The molecule has 4 heteroatoms. The molecule has 0 radical (unpaired) electrons. The van der Waals surface area contributed by atoms with E-state index in [2.05, 4.69) is 5.10 Å². The molecule has 0 aliphatic heterocycles. The van der Waals surface area contributed by atoms with Crippen LogP contribution in [0.15, 0.2) is 6.07 Å². The molecule has 0 bridgehead atoms. The first-order valence-electron chi connectivity index (χ1n) is 4.06. The van der Waals surface area contributed by atoms with Gasteiger partial charge in [-0.05, 0) is 26.8 Å². The van der Waals surface area contributed by atoms with Crippen LogP contribution in [0.3, 0.4) is 0 Å². The van der Waals surface area contributed by atoms with Crippen LogP contribution in [0.25, 0.3) is 0 Å². The first-order chi connectivity index (χ1) is 6.00. The van der Waals surface area contributed by atoms with Crippen LogP contribution in [-0.4, -0.2) is 21.5 Å². The molecule has 1 rings (SSSR count). The molecule has 1 aromatic rings. The summed E-state index contributed by atoms with van der Waals surface area (Å²) in [5, 5.41) is 3.98. The molecule has 0 N–H and O–H groups in total. The first kappa shape index (κ1) is 9.64. The fraction of sp³-hybridized carbons (Fsp3) is 0.444. The number of hydrogen-bond acceptors (Lipinski definition) is 3. The summed E-state index contributed by atoms with van der Waals surface area (Å²) in [6.07, 6.45) is -0.0814. The Hall–Kier alpha value is -1.45. The van der Waals surface area contributed by atoms with Gasteiger partial charge in [-0.2, -0.15) is 5.10 Å². The van der Waals surface area contributed by atoms with Crippen molar-refractivity contribution in [2.24, 2.45) is 0 Å². The van der Waals surface area contributed by atoms with E-state index in [1.165, 1.54) is 11.6 Å². The van der Waals surface area contributed by atoms with E-state index in [1.807, 2.05) is 6.92 Å². The molecule has 0 aromatic carbocycles. The highest BCUT2D eigenvalue weighted by molar-refractivity contribution is 5.97. The third kappa shape index (κ3) is 2.24. The zero-order chi connectivity index (χ0) is 10.0. The number of Topliss-reactive ketones (excluding diaryl/α,β-unsaturated/α-hetero) is 1. The SMILES string of the molecule is CC(=O)CC(=O)n1nc(C)cc1C. The number of hydrogen-bond donors (Lipinski definition) is 0. The van der Waals surface area contributed by atoms with Gasteiger partial charge < -0.3 is 0 Å². The lowest BCUT2D eigenvalue weighted by atomic mass is 10.3. The lowest BCUT2D eigenvalue weighted by Crippen LogP contribution is -2.16. The zero-order valence-corrected chi connectivity index (χ0v) is 8.00. The molecule has 1 aromatic heterocycles. The normalized spacial score (nSPS) is 10.1. The van der Waals surface area contributed by atoms with E-state index in [0.717, 1.165) is 11.4 Å². The maximum atomic E-state index is 11.4. The molecule has 0 amide bonds. The minimum atomic E-state index is -0.266. The van der Waals surface area contributed by atoms with Crippen LogP contribution in [0.5, 0.6) is 0 Å². The first-order valence-corrected chi connectivity index (χ1v) is 4.06. The monoisotopic (exact) mass is 180 g/mol. The maximum Gasteiger partial charge on any atom is 0.254 e. The van der Waals surface area contributed by atoms with Crippen molar-refractivity contribution in [3.05, 3.63) is 17.5 Å². The van der Waals surface area contributed by atoms with Gasteiger partial charge in [0, 0.05) is 5.69 Å². The summed E-state index contributed by atoms with van der Waals surface area (Å²) < 4.78 is 1.27. The predicted molar refractivity (Wildman–Crippen MR) is 47.6 cm³/mol. The molecular formula is C9H12N2O2. The van der Waals surface area contributed by atoms with Crippen LogP contribution in [-0.2, 0) is 4.79 Å². The number of aryl methyl sites for hydroxylation is 2. The summed E-state index contributed by atoms with van der Waals surface area (Å²) in [6, 6.07) is 1.80. The summed E-state index contributed by atoms with van der Waals surface area (Å²) in [5.74, 6) is -0.407. The lowest BCUT2D eigenvalue weighted by Gasteiger charge is -1.99. The van der Waals surface area contributed by atoms with Crippen molar-refractivity contribution < 1.29 is 9.59 Å². The van der Waals surface area contributed by atoms with E-state index in [4.69, 9.17) is 0 Å². The number of aromatic nitrogens is 2. The molecule has 0 saturated heterocycles. The smallest absolute Gasteiger partial charge is 0.254 e. The van der Waals surface area contributed by atoms with E-state index < -0.39 is 0 Å². The zero-order valence-electron chi connectivity index (χ0n) is 8.00. The Morgan fingerprint density at radius 3 is 2.46 bits per heavy atom. The largest absolute Gasteiger partial charge is 0.299 e. The van der Waals surface area contributed by atoms with Crippen LogP contribution in [0.4, 0.5) is 0 Å². The number of carbonyl (C=O) groups is 2. The number of ketones is 1. The van der Waals surface area contributed by atoms with Crippen LogP contribution in [0.2, 0.25) is 0 Å². The van der Waals surface area contributed by atoms with Crippen LogP contribution in [0.1, 0.15) is 29.5 Å². The Morgan fingerprint density at radius 2 is 2.08 bits per heavy atom. The molecule has 0 spiro atoms. The van der Waals surface area contributed by atoms with Crippen LogP contribution >= 0.6 is 0 Å². The average molecular weight is 180 g/mol. The highest BCUT2D eigenvalue weighted by Crippen LogP contribution is 2.02. The molecule has 1 heterocycles. The highest BCUT2D eigenvalue weighted by atomic mass is 16.2. The third-order valence-corrected chi connectivity index (χ3v) is 1.65. The van der Waals surface area contributed by atoms with Gasteiger partial charge in [0.1, 0.15) is 5.78 Å². The van der Waals surface area contributed by atoms with E-state index >= 15 is 0 Å². The minimum absolute atomic E-state index is 0.0814. The Labute approximate surface area is 76.6 Å². The molecule has 0 unspecified atom stereocenters. The number of rotatable bonds is 2. The molecule has 0 fully saturated rings. The van der Waals surface area contributed by atoms with Gasteiger partial charge >= 0.3 is 0 Å². The summed E-state index contributed by atoms with van der Waals surface area (Å²) >= 11 is 0. The maximum absolute atomic E-state index is 11.4. The Morgan fingerprint density at radius 1 is 1.46 bits per heavy atom. The number of carbonyl (C=O) groups excluding carboxylic acids is 2. The van der Waals surface area contributed by atoms with Gasteiger partial charge in [-0.1, -0.05) is 0 Å². The Bertz CT molecular complexity index is 352. The van der Waals surface area contributed by atoms with Crippen molar-refractivity contribution in [1.29, 1.82) is 0 Å². The van der Waals surface area contributed by atoms with Gasteiger partial charge in [0.2, 0.25) is 0 Å². The van der Waals surface area contributed by atoms with Gasteiger partial charge in [-0.25, -0.2) is 4.68 Å². The summed E-state index contributed by atoms with van der Waals surface area (Å²) in [7, 11) is 0. The molecule has 4 nitrogen and oxygen atoms in total. The van der Waals surface area contributed by atoms with E-state index in [-0.39, 0.29) is 18.1 Å². The molecule has 0 atom stereocenters. The molecular weight excluding hydrogens is 168 g/mol. The standard InChI is InChI=1S/C9H12N2O2/c1-6-4-7(2)11(10-6)9(13)5-8(3)12/h4H,5H2,1-3H3. The van der Waals surface area contributed by atoms with Crippen molar-refractivity contribution in [3.63, 3.8) is 0 Å². The second-order valence-corrected chi connectivity index (χ2v) is 3.11. The lowest BCUT2D eigenvalue weighted by molar-refractivity contribution is -0.116. The van der Waals surface area contributed by atoms with Crippen LogP contribution < -0.4 is 0 Å². The summed E-state index contributed by atoms with van der Waals surface area (Å²) in [5.41, 5.74) is 1.55. The molecule has 0 aliphatic rings. The van der Waals surface area contributed by atoms with Gasteiger partial charge in [-0.3, -0.25) is 9.59 Å². The molecule has 0 saturated carbocycles. The second kappa shape index (κ2) is 3.51. The van der Waals surface area contributed by atoms with Crippen molar-refractivity contribution in [3.8, 4) is 0 Å². The average Bonchev–Trinajstić information content (AvgIpc) is 2.28. The summed E-state index contributed by atoms with van der Waals surface area (Å²) in [6.45, 7) is 4.99. The predicted octanol–water partition coefficient (Wildman–Crippen LogP) is 1.12. The molecule has 13 heavy (non-hydrogen) atoms. The van der Waals surface area contributed by atoms with Crippen molar-refractivity contribution in [2.45, 2.75) is 27.2 Å². The van der Waals surface area contributed by atoms with E-state index in [1.54, 1.807) is 13.0 Å². The third-order valence-electron chi connectivity index (χ3n) is 1.65. The van der Waals surface area contributed by atoms with Crippen LogP contribution in [0, 0.1) is 13.8 Å². The van der Waals surface area contributed by atoms with Crippen molar-refractivity contribution in [1.82, 2.24) is 9.78 Å². The molecule has 0 aliphatic carbocycles. The van der Waals surface area contributed by atoms with Crippen molar-refractivity contribution in [2.75, 3.05) is 0 Å². The minimum Gasteiger partial charge on any atom is -0.299 e. The van der Waals surface area contributed by atoms with Gasteiger partial charge in [0.15, 0.2) is 0 Å².